The van der Waals surface area contributed by atoms with Gasteiger partial charge in [-0.05, 0) is 42.7 Å². The highest BCUT2D eigenvalue weighted by atomic mass is 19.1. The van der Waals surface area contributed by atoms with Crippen LogP contribution < -0.4 is 16.0 Å². The van der Waals surface area contributed by atoms with Crippen LogP contribution in [-0.2, 0) is 0 Å². The average molecular weight is 434 g/mol. The Morgan fingerprint density at radius 3 is 2.75 bits per heavy atom. The molecule has 3 aromatic rings. The minimum atomic E-state index is -0.408. The molecule has 3 N–H and O–H groups in total. The van der Waals surface area contributed by atoms with Crippen molar-refractivity contribution in [2.75, 3.05) is 30.3 Å². The summed E-state index contributed by atoms with van der Waals surface area (Å²) in [6.45, 7) is 6.83. The van der Waals surface area contributed by atoms with E-state index in [9.17, 15) is 9.18 Å². The molecule has 4 rings (SSSR count). The predicted molar refractivity (Wildman–Crippen MR) is 125 cm³/mol. The van der Waals surface area contributed by atoms with E-state index >= 15 is 0 Å². The van der Waals surface area contributed by atoms with Gasteiger partial charge in [-0.2, -0.15) is 0 Å². The molecule has 2 aromatic heterocycles. The molecule has 0 aliphatic carbocycles. The van der Waals surface area contributed by atoms with E-state index in [0.717, 1.165) is 26.1 Å². The van der Waals surface area contributed by atoms with Crippen LogP contribution in [-0.4, -0.2) is 41.4 Å². The summed E-state index contributed by atoms with van der Waals surface area (Å²) < 4.78 is 14.6. The van der Waals surface area contributed by atoms with Gasteiger partial charge in [0.25, 0.3) is 0 Å². The number of carbonyl (C=O) groups excluding carboxylic acids is 1. The number of rotatable bonds is 6. The lowest BCUT2D eigenvalue weighted by Gasteiger charge is -2.35. The normalized spacial score (nSPS) is 16.4. The number of halogens is 1. The monoisotopic (exact) mass is 433 g/mol. The van der Waals surface area contributed by atoms with Crippen molar-refractivity contribution in [2.45, 2.75) is 26.3 Å². The molecule has 1 aromatic carbocycles. The number of aromatic nitrogens is 2. The molecule has 0 unspecified atom stereocenters. The van der Waals surface area contributed by atoms with E-state index in [1.807, 2.05) is 6.07 Å². The van der Waals surface area contributed by atoms with E-state index < -0.39 is 5.82 Å². The Morgan fingerprint density at radius 2 is 2.00 bits per heavy atom. The largest absolute Gasteiger partial charge is 0.383 e. The van der Waals surface area contributed by atoms with Gasteiger partial charge in [0.1, 0.15) is 23.1 Å². The molecule has 1 atom stereocenters. The minimum Gasteiger partial charge on any atom is -0.383 e. The highest BCUT2D eigenvalue weighted by Gasteiger charge is 2.25. The number of nitrogens with zero attached hydrogens (tertiary/aromatic N) is 3. The van der Waals surface area contributed by atoms with E-state index in [1.165, 1.54) is 12.3 Å². The van der Waals surface area contributed by atoms with Gasteiger partial charge in [-0.1, -0.05) is 32.0 Å². The number of pyridine rings is 2. The molecule has 166 valence electrons. The van der Waals surface area contributed by atoms with Crippen LogP contribution in [0.1, 0.15) is 36.3 Å². The third kappa shape index (κ3) is 4.62. The summed E-state index contributed by atoms with van der Waals surface area (Å²) in [6, 6.07) is 13.7. The number of nitrogens with one attached hydrogen (secondary N) is 1. The summed E-state index contributed by atoms with van der Waals surface area (Å²) in [7, 11) is 0. The standard InChI is InChI=1S/C25H28FN5O/c1-16(2)14-17-15-31(13-12-28-17)22-10-9-19(18-6-3-4-8-21(18)26)23(30-22)24(32)20-7-5-11-29-25(20)27/h3-11,16-17,28H,12-15H2,1-2H3,(H2,27,29)/t17-/m0/s1. The highest BCUT2D eigenvalue weighted by Crippen LogP contribution is 2.30. The molecule has 0 saturated carbocycles. The van der Waals surface area contributed by atoms with Gasteiger partial charge >= 0.3 is 0 Å². The van der Waals surface area contributed by atoms with Gasteiger partial charge in [-0.3, -0.25) is 4.79 Å². The zero-order valence-corrected chi connectivity index (χ0v) is 18.4. The van der Waals surface area contributed by atoms with E-state index in [4.69, 9.17) is 10.7 Å². The molecule has 0 amide bonds. The van der Waals surface area contributed by atoms with Crippen molar-refractivity contribution in [3.8, 4) is 11.1 Å². The number of piperazine rings is 1. The first kappa shape index (κ1) is 21.9. The van der Waals surface area contributed by atoms with Crippen molar-refractivity contribution in [1.29, 1.82) is 0 Å². The van der Waals surface area contributed by atoms with Crippen LogP contribution in [0.3, 0.4) is 0 Å². The van der Waals surface area contributed by atoms with Crippen molar-refractivity contribution in [3.63, 3.8) is 0 Å². The summed E-state index contributed by atoms with van der Waals surface area (Å²) in [5, 5.41) is 3.55. The van der Waals surface area contributed by atoms with Crippen LogP contribution in [0, 0.1) is 11.7 Å². The second-order valence-corrected chi connectivity index (χ2v) is 8.54. The Kier molecular flexibility index (Phi) is 6.46. The maximum absolute atomic E-state index is 14.6. The Hall–Kier alpha value is -3.32. The fourth-order valence-corrected chi connectivity index (χ4v) is 4.19. The number of ketones is 1. The van der Waals surface area contributed by atoms with Crippen molar-refractivity contribution in [1.82, 2.24) is 15.3 Å². The summed E-state index contributed by atoms with van der Waals surface area (Å²) in [5.74, 6) is 0.628. The molecule has 1 saturated heterocycles. The Bertz CT molecular complexity index is 1120. The average Bonchev–Trinajstić information content (AvgIpc) is 2.79. The molecule has 1 fully saturated rings. The quantitative estimate of drug-likeness (QED) is 0.573. The molecular weight excluding hydrogens is 405 g/mol. The van der Waals surface area contributed by atoms with Crippen LogP contribution in [0.15, 0.2) is 54.7 Å². The molecule has 0 radical (unpaired) electrons. The summed E-state index contributed by atoms with van der Waals surface area (Å²) in [5.41, 5.74) is 7.17. The van der Waals surface area contributed by atoms with Crippen LogP contribution in [0.2, 0.25) is 0 Å². The van der Waals surface area contributed by atoms with Crippen molar-refractivity contribution in [3.05, 3.63) is 71.8 Å². The number of nitrogen functional groups attached to an aromatic ring is 1. The number of nitrogens with two attached hydrogens (primary N) is 1. The molecule has 0 bridgehead atoms. The minimum absolute atomic E-state index is 0.128. The first-order valence-electron chi connectivity index (χ1n) is 10.9. The van der Waals surface area contributed by atoms with Gasteiger partial charge in [0.05, 0.1) is 5.56 Å². The third-order valence-corrected chi connectivity index (χ3v) is 5.68. The lowest BCUT2D eigenvalue weighted by Crippen LogP contribution is -2.51. The second-order valence-electron chi connectivity index (χ2n) is 8.54. The van der Waals surface area contributed by atoms with Gasteiger partial charge in [0.15, 0.2) is 0 Å². The van der Waals surface area contributed by atoms with E-state index in [1.54, 1.807) is 36.4 Å². The van der Waals surface area contributed by atoms with Gasteiger partial charge in [0, 0.05) is 43.0 Å². The van der Waals surface area contributed by atoms with Crippen molar-refractivity contribution >= 4 is 17.4 Å². The van der Waals surface area contributed by atoms with Gasteiger partial charge in [-0.15, -0.1) is 0 Å². The molecule has 6 nitrogen and oxygen atoms in total. The first-order chi connectivity index (χ1) is 15.4. The second kappa shape index (κ2) is 9.44. The van der Waals surface area contributed by atoms with Crippen LogP contribution in [0.4, 0.5) is 16.0 Å². The number of anilines is 2. The Morgan fingerprint density at radius 1 is 1.19 bits per heavy atom. The Labute approximate surface area is 187 Å². The van der Waals surface area contributed by atoms with Gasteiger partial charge in [-0.25, -0.2) is 14.4 Å². The number of benzene rings is 1. The zero-order valence-electron chi connectivity index (χ0n) is 18.4. The first-order valence-corrected chi connectivity index (χ1v) is 10.9. The number of hydrogen-bond acceptors (Lipinski definition) is 6. The topological polar surface area (TPSA) is 84.1 Å². The van der Waals surface area contributed by atoms with Crippen molar-refractivity contribution < 1.29 is 9.18 Å². The summed E-state index contributed by atoms with van der Waals surface area (Å²) in [4.78, 5) is 24.4. The van der Waals surface area contributed by atoms with Crippen LogP contribution >= 0.6 is 0 Å². The van der Waals surface area contributed by atoms with Crippen molar-refractivity contribution in [2.24, 2.45) is 5.92 Å². The number of hydrogen-bond donors (Lipinski definition) is 2. The fraction of sp³-hybridized carbons (Fsp3) is 0.320. The van der Waals surface area contributed by atoms with Gasteiger partial charge < -0.3 is 16.0 Å². The van der Waals surface area contributed by atoms with Crippen LogP contribution in [0.5, 0.6) is 0 Å². The highest BCUT2D eigenvalue weighted by molar-refractivity contribution is 6.14. The van der Waals surface area contributed by atoms with E-state index in [-0.39, 0.29) is 22.9 Å². The maximum Gasteiger partial charge on any atom is 0.215 e. The summed E-state index contributed by atoms with van der Waals surface area (Å²) >= 11 is 0. The van der Waals surface area contributed by atoms with Gasteiger partial charge in [0.2, 0.25) is 5.78 Å². The molecule has 32 heavy (non-hydrogen) atoms. The van der Waals surface area contributed by atoms with Crippen LogP contribution in [0.25, 0.3) is 11.1 Å². The fourth-order valence-electron chi connectivity index (χ4n) is 4.19. The summed E-state index contributed by atoms with van der Waals surface area (Å²) in [6.07, 6.45) is 2.59. The Balaban J connectivity index is 1.77. The zero-order chi connectivity index (χ0) is 22.7. The molecule has 0 spiro atoms. The number of carbonyl (C=O) groups is 1. The molecule has 7 heteroatoms. The SMILES string of the molecule is CC(C)C[C@H]1CN(c2ccc(-c3ccccc3F)c(C(=O)c3cccnc3N)n2)CCN1. The lowest BCUT2D eigenvalue weighted by molar-refractivity contribution is 0.103. The lowest BCUT2D eigenvalue weighted by atomic mass is 9.97. The van der Waals surface area contributed by atoms with E-state index in [2.05, 4.69) is 29.0 Å². The third-order valence-electron chi connectivity index (χ3n) is 5.68. The molecular formula is C25H28FN5O. The maximum atomic E-state index is 14.6. The molecule has 1 aliphatic rings. The van der Waals surface area contributed by atoms with E-state index in [0.29, 0.717) is 28.9 Å². The molecule has 1 aliphatic heterocycles. The molecule has 3 heterocycles. The predicted octanol–water partition coefficient (Wildman–Crippen LogP) is 3.92. The smallest absolute Gasteiger partial charge is 0.215 e.